The Morgan fingerprint density at radius 3 is 0.824 bits per heavy atom. The number of ether oxygens (including phenoxy) is 3. The summed E-state index contributed by atoms with van der Waals surface area (Å²) in [4.78, 5) is 38.2. The van der Waals surface area contributed by atoms with E-state index in [0.717, 1.165) is 186 Å². The molecule has 0 saturated heterocycles. The van der Waals surface area contributed by atoms with Crippen molar-refractivity contribution in [2.75, 3.05) is 13.2 Å². The summed E-state index contributed by atoms with van der Waals surface area (Å²) in [5.41, 5.74) is 0. The van der Waals surface area contributed by atoms with Gasteiger partial charge in [-0.1, -0.05) is 237 Å². The highest BCUT2D eigenvalue weighted by Crippen LogP contribution is 2.13. The quantitative estimate of drug-likeness (QED) is 0.0261. The molecule has 6 nitrogen and oxygen atoms in total. The van der Waals surface area contributed by atoms with E-state index in [1.54, 1.807) is 0 Å². The van der Waals surface area contributed by atoms with Crippen LogP contribution in [0.2, 0.25) is 0 Å². The standard InChI is InChI=1S/C68H108O6/c1-4-7-10-13-16-19-22-25-28-29-30-31-32-33-34-35-36-37-38-39-41-43-46-49-52-55-58-61-67(70)73-64-65(63-72-66(69)60-57-54-51-48-45-42-27-24-21-18-15-12-9-6-3)74-68(71)62-59-56-53-50-47-44-40-26-23-20-17-14-11-8-5-2/h7-8,10-11,15-20,24-28,30-31,33-34,36-37,39-41,65H,4-6,9,12-14,21-23,29,32,35,38,42-64H2,1-3H3/b10-7-,11-8-,18-15-,19-16-,20-17-,27-24-,28-25-,31-30-,34-33-,37-36-,40-26-,41-39-. The minimum absolute atomic E-state index is 0.104. The van der Waals surface area contributed by atoms with E-state index < -0.39 is 6.10 Å². The molecule has 0 rings (SSSR count). The van der Waals surface area contributed by atoms with E-state index in [9.17, 15) is 14.4 Å². The number of carbonyl (C=O) groups is 3. The van der Waals surface area contributed by atoms with E-state index in [4.69, 9.17) is 14.2 Å². The van der Waals surface area contributed by atoms with E-state index >= 15 is 0 Å². The summed E-state index contributed by atoms with van der Waals surface area (Å²) in [7, 11) is 0. The van der Waals surface area contributed by atoms with Crippen molar-refractivity contribution in [1.29, 1.82) is 0 Å². The number of hydrogen-bond donors (Lipinski definition) is 0. The van der Waals surface area contributed by atoms with E-state index in [-0.39, 0.29) is 31.1 Å². The first-order valence-electron chi connectivity index (χ1n) is 29.8. The van der Waals surface area contributed by atoms with Crippen molar-refractivity contribution in [3.05, 3.63) is 146 Å². The fourth-order valence-corrected chi connectivity index (χ4v) is 7.63. The molecular formula is C68H108O6. The average Bonchev–Trinajstić information content (AvgIpc) is 3.40. The molecule has 0 fully saturated rings. The maximum absolute atomic E-state index is 12.9. The van der Waals surface area contributed by atoms with Gasteiger partial charge in [0.2, 0.25) is 0 Å². The number of allylic oxidation sites excluding steroid dienone is 24. The Bertz CT molecular complexity index is 1640. The van der Waals surface area contributed by atoms with Crippen LogP contribution in [0.4, 0.5) is 0 Å². The van der Waals surface area contributed by atoms with Crippen molar-refractivity contribution in [2.24, 2.45) is 0 Å². The molecule has 0 aromatic rings. The molecule has 0 aliphatic rings. The monoisotopic (exact) mass is 1020 g/mol. The lowest BCUT2D eigenvalue weighted by atomic mass is 10.1. The van der Waals surface area contributed by atoms with Crippen LogP contribution < -0.4 is 0 Å². The molecule has 416 valence electrons. The van der Waals surface area contributed by atoms with Crippen LogP contribution in [0.1, 0.15) is 245 Å². The SMILES string of the molecule is CC/C=C\C/C=C\C/C=C\C/C=C\C/C=C\C/C=C\C/C=C\CCCCCCCC(=O)OCC(COC(=O)CCCCCCC/C=C\C/C=C\CCCC)OC(=O)CCCCCCC/C=C\C/C=C\C/C=C\CC. The molecule has 0 radical (unpaired) electrons. The highest BCUT2D eigenvalue weighted by molar-refractivity contribution is 5.71. The molecule has 0 aliphatic carbocycles. The third-order valence-electron chi connectivity index (χ3n) is 12.1. The van der Waals surface area contributed by atoms with E-state index in [1.807, 2.05) is 0 Å². The van der Waals surface area contributed by atoms with Gasteiger partial charge in [-0.2, -0.15) is 0 Å². The van der Waals surface area contributed by atoms with Crippen molar-refractivity contribution in [3.63, 3.8) is 0 Å². The molecule has 0 aromatic carbocycles. The Labute approximate surface area is 455 Å². The average molecular weight is 1020 g/mol. The number of carbonyl (C=O) groups excluding carboxylic acids is 3. The van der Waals surface area contributed by atoms with Gasteiger partial charge in [0.15, 0.2) is 6.10 Å². The fourth-order valence-electron chi connectivity index (χ4n) is 7.63. The molecule has 1 unspecified atom stereocenters. The molecule has 1 atom stereocenters. The summed E-state index contributed by atoms with van der Waals surface area (Å²) in [6.07, 6.45) is 86.9. The number of esters is 3. The zero-order chi connectivity index (χ0) is 53.6. The van der Waals surface area contributed by atoms with Crippen LogP contribution in [0.15, 0.2) is 146 Å². The van der Waals surface area contributed by atoms with E-state index in [2.05, 4.69) is 167 Å². The molecule has 0 aromatic heterocycles. The molecule has 0 bridgehead atoms. The van der Waals surface area contributed by atoms with Crippen LogP contribution in [0.3, 0.4) is 0 Å². The Hall–Kier alpha value is -4.71. The summed E-state index contributed by atoms with van der Waals surface area (Å²) >= 11 is 0. The van der Waals surface area contributed by atoms with Gasteiger partial charge in [0.1, 0.15) is 13.2 Å². The van der Waals surface area contributed by atoms with Crippen molar-refractivity contribution in [1.82, 2.24) is 0 Å². The summed E-state index contributed by atoms with van der Waals surface area (Å²) in [6, 6.07) is 0. The zero-order valence-electron chi connectivity index (χ0n) is 47.5. The zero-order valence-corrected chi connectivity index (χ0v) is 47.5. The predicted octanol–water partition coefficient (Wildman–Crippen LogP) is 20.4. The Morgan fingerprint density at radius 1 is 0.284 bits per heavy atom. The van der Waals surface area contributed by atoms with Gasteiger partial charge in [-0.25, -0.2) is 0 Å². The minimum atomic E-state index is -0.808. The van der Waals surface area contributed by atoms with Crippen molar-refractivity contribution < 1.29 is 28.6 Å². The molecule has 6 heteroatoms. The van der Waals surface area contributed by atoms with Crippen LogP contribution >= 0.6 is 0 Å². The van der Waals surface area contributed by atoms with Crippen molar-refractivity contribution in [2.45, 2.75) is 252 Å². The van der Waals surface area contributed by atoms with Gasteiger partial charge < -0.3 is 14.2 Å². The number of hydrogen-bond acceptors (Lipinski definition) is 6. The highest BCUT2D eigenvalue weighted by atomic mass is 16.6. The molecule has 0 saturated carbocycles. The highest BCUT2D eigenvalue weighted by Gasteiger charge is 2.19. The largest absolute Gasteiger partial charge is 0.462 e. The van der Waals surface area contributed by atoms with Gasteiger partial charge in [0.25, 0.3) is 0 Å². The number of unbranched alkanes of at least 4 members (excludes halogenated alkanes) is 17. The topological polar surface area (TPSA) is 78.9 Å². The van der Waals surface area contributed by atoms with E-state index in [1.165, 1.54) is 19.3 Å². The van der Waals surface area contributed by atoms with Gasteiger partial charge >= 0.3 is 17.9 Å². The molecule has 0 heterocycles. The molecular weight excluding hydrogens is 913 g/mol. The van der Waals surface area contributed by atoms with Crippen LogP contribution in [-0.2, 0) is 28.6 Å². The van der Waals surface area contributed by atoms with Gasteiger partial charge in [-0.3, -0.25) is 14.4 Å². The normalized spacial score (nSPS) is 13.2. The fraction of sp³-hybridized carbons (Fsp3) is 0.603. The molecule has 74 heavy (non-hydrogen) atoms. The second-order valence-electron chi connectivity index (χ2n) is 19.1. The van der Waals surface area contributed by atoms with Crippen LogP contribution in [-0.4, -0.2) is 37.2 Å². The molecule has 0 N–H and O–H groups in total. The van der Waals surface area contributed by atoms with E-state index in [0.29, 0.717) is 19.3 Å². The first kappa shape index (κ1) is 69.3. The Morgan fingerprint density at radius 2 is 0.527 bits per heavy atom. The summed E-state index contributed by atoms with van der Waals surface area (Å²) < 4.78 is 16.8. The number of rotatable bonds is 52. The van der Waals surface area contributed by atoms with Gasteiger partial charge in [-0.15, -0.1) is 0 Å². The Kier molecular flexibility index (Phi) is 57.0. The van der Waals surface area contributed by atoms with Gasteiger partial charge in [-0.05, 0) is 135 Å². The first-order chi connectivity index (χ1) is 36.5. The second-order valence-corrected chi connectivity index (χ2v) is 19.1. The van der Waals surface area contributed by atoms with Crippen LogP contribution in [0, 0.1) is 0 Å². The minimum Gasteiger partial charge on any atom is -0.462 e. The summed E-state index contributed by atoms with van der Waals surface area (Å²) in [6.45, 7) is 6.32. The molecule has 0 aliphatic heterocycles. The van der Waals surface area contributed by atoms with Crippen molar-refractivity contribution in [3.8, 4) is 0 Å². The van der Waals surface area contributed by atoms with Gasteiger partial charge in [0, 0.05) is 19.3 Å². The smallest absolute Gasteiger partial charge is 0.306 e. The maximum Gasteiger partial charge on any atom is 0.306 e. The van der Waals surface area contributed by atoms with Gasteiger partial charge in [0.05, 0.1) is 0 Å². The second kappa shape index (κ2) is 60.8. The van der Waals surface area contributed by atoms with Crippen molar-refractivity contribution >= 4 is 17.9 Å². The Balaban J connectivity index is 4.43. The molecule has 0 spiro atoms. The maximum atomic E-state index is 12.9. The third-order valence-corrected chi connectivity index (χ3v) is 12.1. The third kappa shape index (κ3) is 58.2. The summed E-state index contributed by atoms with van der Waals surface area (Å²) in [5.74, 6) is -0.959. The van der Waals surface area contributed by atoms with Crippen LogP contribution in [0.25, 0.3) is 0 Å². The summed E-state index contributed by atoms with van der Waals surface area (Å²) in [5, 5.41) is 0. The lowest BCUT2D eigenvalue weighted by Gasteiger charge is -2.18. The predicted molar refractivity (Wildman–Crippen MR) is 320 cm³/mol. The lowest BCUT2D eigenvalue weighted by molar-refractivity contribution is -0.167. The molecule has 0 amide bonds. The first-order valence-corrected chi connectivity index (χ1v) is 29.8. The van der Waals surface area contributed by atoms with Crippen LogP contribution in [0.5, 0.6) is 0 Å². The lowest BCUT2D eigenvalue weighted by Crippen LogP contribution is -2.30.